The summed E-state index contributed by atoms with van der Waals surface area (Å²) in [5.41, 5.74) is 1.92. The average molecular weight is 504 g/mol. The van der Waals surface area contributed by atoms with Crippen molar-refractivity contribution in [2.75, 3.05) is 40.0 Å². The van der Waals surface area contributed by atoms with Crippen LogP contribution in [0.25, 0.3) is 0 Å². The number of halogens is 1. The number of carbonyl (C=O) groups excluding carboxylic acids is 1. The van der Waals surface area contributed by atoms with E-state index in [9.17, 15) is 21.6 Å². The summed E-state index contributed by atoms with van der Waals surface area (Å²) in [6, 6.07) is 11.3. The van der Waals surface area contributed by atoms with Crippen LogP contribution >= 0.6 is 15.9 Å². The molecule has 0 saturated heterocycles. The second-order valence-corrected chi connectivity index (χ2v) is 11.3. The molecule has 0 saturated carbocycles. The number of sulfonamides is 2. The van der Waals surface area contributed by atoms with E-state index in [-0.39, 0.29) is 0 Å². The molecule has 0 heterocycles. The minimum atomic E-state index is -3.71. The van der Waals surface area contributed by atoms with E-state index in [1.165, 1.54) is 13.1 Å². The molecule has 0 unspecified atom stereocenters. The minimum Gasteiger partial charge on any atom is -0.324 e. The lowest BCUT2D eigenvalue weighted by molar-refractivity contribution is -0.114. The molecule has 0 aliphatic rings. The minimum absolute atomic E-state index is 0.350. The van der Waals surface area contributed by atoms with Gasteiger partial charge in [0.25, 0.3) is 0 Å². The topological polar surface area (TPSA) is 104 Å². The Balaban J connectivity index is 2.24. The second-order valence-electron chi connectivity index (χ2n) is 6.53. The van der Waals surface area contributed by atoms with Gasteiger partial charge in [0.1, 0.15) is 6.54 Å². The molecule has 1 amide bonds. The Labute approximate surface area is 179 Å². The zero-order valence-electron chi connectivity index (χ0n) is 16.4. The van der Waals surface area contributed by atoms with Gasteiger partial charge in [0.2, 0.25) is 26.0 Å². The van der Waals surface area contributed by atoms with Crippen LogP contribution in [0.2, 0.25) is 0 Å². The SMILES string of the molecule is Cc1cc(N(CC(=O)Nc2cccc(N(C)S(C)(=O)=O)c2)S(C)(=O)=O)ccc1Br. The molecular formula is C18H22BrN3O5S2. The van der Waals surface area contributed by atoms with Gasteiger partial charge in [-0.2, -0.15) is 0 Å². The van der Waals surface area contributed by atoms with Gasteiger partial charge in [0.15, 0.2) is 0 Å². The highest BCUT2D eigenvalue weighted by Gasteiger charge is 2.21. The molecule has 1 N–H and O–H groups in total. The first kappa shape index (κ1) is 23.2. The summed E-state index contributed by atoms with van der Waals surface area (Å²) >= 11 is 3.36. The standard InChI is InChI=1S/C18H22BrN3O5S2/c1-13-10-16(8-9-17(13)19)22(29(4,26)27)12-18(23)20-14-6-5-7-15(11-14)21(2)28(3,24)25/h5-11H,12H2,1-4H3,(H,20,23). The van der Waals surface area contributed by atoms with Crippen molar-refractivity contribution in [2.24, 2.45) is 0 Å². The van der Waals surface area contributed by atoms with Crippen molar-refractivity contribution in [3.05, 3.63) is 52.5 Å². The predicted octanol–water partition coefficient (Wildman–Crippen LogP) is 2.56. The number of aryl methyl sites for hydroxylation is 1. The van der Waals surface area contributed by atoms with Crippen molar-refractivity contribution in [1.82, 2.24) is 0 Å². The highest BCUT2D eigenvalue weighted by molar-refractivity contribution is 9.10. The summed E-state index contributed by atoms with van der Waals surface area (Å²) in [4.78, 5) is 12.5. The number of anilines is 3. The smallest absolute Gasteiger partial charge is 0.245 e. The molecule has 2 aromatic carbocycles. The summed E-state index contributed by atoms with van der Waals surface area (Å²) in [6.45, 7) is 1.39. The van der Waals surface area contributed by atoms with Crippen molar-refractivity contribution < 1.29 is 21.6 Å². The second kappa shape index (κ2) is 8.72. The van der Waals surface area contributed by atoms with Crippen LogP contribution in [-0.2, 0) is 24.8 Å². The van der Waals surface area contributed by atoms with Crippen LogP contribution < -0.4 is 13.9 Å². The molecule has 158 valence electrons. The van der Waals surface area contributed by atoms with E-state index >= 15 is 0 Å². The molecule has 0 radical (unpaired) electrons. The molecule has 2 aromatic rings. The third-order valence-corrected chi connectivity index (χ3v) is 7.34. The maximum Gasteiger partial charge on any atom is 0.245 e. The highest BCUT2D eigenvalue weighted by atomic mass is 79.9. The molecular weight excluding hydrogens is 482 g/mol. The van der Waals surface area contributed by atoms with Crippen molar-refractivity contribution in [1.29, 1.82) is 0 Å². The molecule has 0 aliphatic heterocycles. The van der Waals surface area contributed by atoms with Crippen LogP contribution in [0.3, 0.4) is 0 Å². The fourth-order valence-electron chi connectivity index (χ4n) is 2.49. The Morgan fingerprint density at radius 1 is 1.00 bits per heavy atom. The van der Waals surface area contributed by atoms with Gasteiger partial charge in [0, 0.05) is 17.2 Å². The lowest BCUT2D eigenvalue weighted by atomic mass is 10.2. The van der Waals surface area contributed by atoms with Gasteiger partial charge in [-0.15, -0.1) is 0 Å². The van der Waals surface area contributed by atoms with Crippen LogP contribution in [0, 0.1) is 6.92 Å². The molecule has 2 rings (SSSR count). The number of amides is 1. The van der Waals surface area contributed by atoms with Crippen LogP contribution in [0.1, 0.15) is 5.56 Å². The van der Waals surface area contributed by atoms with Gasteiger partial charge in [-0.1, -0.05) is 22.0 Å². The van der Waals surface area contributed by atoms with E-state index in [0.717, 1.165) is 31.2 Å². The quantitative estimate of drug-likeness (QED) is 0.624. The third-order valence-electron chi connectivity index (χ3n) is 4.11. The van der Waals surface area contributed by atoms with Gasteiger partial charge < -0.3 is 5.32 Å². The van der Waals surface area contributed by atoms with E-state index in [1.54, 1.807) is 36.4 Å². The zero-order chi connectivity index (χ0) is 22.0. The molecule has 0 fully saturated rings. The molecule has 11 heteroatoms. The number of hydrogen-bond donors (Lipinski definition) is 1. The molecule has 0 bridgehead atoms. The first-order chi connectivity index (χ1) is 13.3. The largest absolute Gasteiger partial charge is 0.324 e. The van der Waals surface area contributed by atoms with Gasteiger partial charge >= 0.3 is 0 Å². The van der Waals surface area contributed by atoms with Crippen LogP contribution in [0.4, 0.5) is 17.1 Å². The van der Waals surface area contributed by atoms with Gasteiger partial charge in [-0.05, 0) is 48.9 Å². The number of hydrogen-bond acceptors (Lipinski definition) is 5. The number of rotatable bonds is 7. The fraction of sp³-hybridized carbons (Fsp3) is 0.278. The first-order valence-electron chi connectivity index (χ1n) is 8.37. The number of nitrogens with one attached hydrogen (secondary N) is 1. The van der Waals surface area contributed by atoms with E-state index in [4.69, 9.17) is 0 Å². The Morgan fingerprint density at radius 3 is 2.21 bits per heavy atom. The molecule has 0 atom stereocenters. The van der Waals surface area contributed by atoms with Gasteiger partial charge in [-0.25, -0.2) is 16.8 Å². The van der Waals surface area contributed by atoms with Crippen LogP contribution in [0.5, 0.6) is 0 Å². The Morgan fingerprint density at radius 2 is 1.66 bits per heavy atom. The highest BCUT2D eigenvalue weighted by Crippen LogP contribution is 2.25. The van der Waals surface area contributed by atoms with Crippen LogP contribution in [-0.4, -0.2) is 48.8 Å². The molecule has 0 aromatic heterocycles. The van der Waals surface area contributed by atoms with Crippen LogP contribution in [0.15, 0.2) is 46.9 Å². The van der Waals surface area contributed by atoms with E-state index in [2.05, 4.69) is 21.2 Å². The molecule has 29 heavy (non-hydrogen) atoms. The van der Waals surface area contributed by atoms with Gasteiger partial charge in [-0.3, -0.25) is 13.4 Å². The van der Waals surface area contributed by atoms with Crippen molar-refractivity contribution in [2.45, 2.75) is 6.92 Å². The summed E-state index contributed by atoms with van der Waals surface area (Å²) < 4.78 is 50.8. The van der Waals surface area contributed by atoms with Crippen molar-refractivity contribution in [3.63, 3.8) is 0 Å². The van der Waals surface area contributed by atoms with E-state index in [1.807, 2.05) is 6.92 Å². The van der Waals surface area contributed by atoms with Crippen molar-refractivity contribution in [3.8, 4) is 0 Å². The van der Waals surface area contributed by atoms with E-state index < -0.39 is 32.5 Å². The number of carbonyl (C=O) groups is 1. The Bertz CT molecular complexity index is 1130. The zero-order valence-corrected chi connectivity index (χ0v) is 19.6. The summed E-state index contributed by atoms with van der Waals surface area (Å²) in [5, 5.41) is 2.61. The Hall–Kier alpha value is -2.11. The monoisotopic (exact) mass is 503 g/mol. The molecule has 8 nitrogen and oxygen atoms in total. The Kier molecular flexibility index (Phi) is 6.97. The molecule has 0 spiro atoms. The fourth-order valence-corrected chi connectivity index (χ4v) is 4.08. The average Bonchev–Trinajstić information content (AvgIpc) is 2.60. The van der Waals surface area contributed by atoms with Crippen molar-refractivity contribution >= 4 is 58.9 Å². The van der Waals surface area contributed by atoms with E-state index in [0.29, 0.717) is 17.1 Å². The lowest BCUT2D eigenvalue weighted by Crippen LogP contribution is -2.37. The molecule has 0 aliphatic carbocycles. The normalized spacial score (nSPS) is 11.8. The maximum absolute atomic E-state index is 12.5. The first-order valence-corrected chi connectivity index (χ1v) is 12.9. The summed E-state index contributed by atoms with van der Waals surface area (Å²) in [7, 11) is -5.76. The predicted molar refractivity (Wildman–Crippen MR) is 119 cm³/mol. The van der Waals surface area contributed by atoms with Gasteiger partial charge in [0.05, 0.1) is 23.9 Å². The summed E-state index contributed by atoms with van der Waals surface area (Å²) in [6.07, 6.45) is 2.10. The third kappa shape index (κ3) is 6.18. The summed E-state index contributed by atoms with van der Waals surface area (Å²) in [5.74, 6) is -0.560. The number of nitrogens with zero attached hydrogens (tertiary/aromatic N) is 2. The lowest BCUT2D eigenvalue weighted by Gasteiger charge is -2.23. The maximum atomic E-state index is 12.5. The number of benzene rings is 2.